The molecule has 0 N–H and O–H groups in total. The van der Waals surface area contributed by atoms with Crippen molar-refractivity contribution in [2.24, 2.45) is 0 Å². The van der Waals surface area contributed by atoms with Crippen LogP contribution < -0.4 is 9.47 Å². The molecule has 0 saturated carbocycles. The first-order valence-corrected chi connectivity index (χ1v) is 13.0. The van der Waals surface area contributed by atoms with Crippen LogP contribution in [0.3, 0.4) is 0 Å². The van der Waals surface area contributed by atoms with Gasteiger partial charge in [0.05, 0.1) is 6.10 Å². The third-order valence-electron chi connectivity index (χ3n) is 6.73. The Morgan fingerprint density at radius 1 is 0.875 bits per heavy atom. The summed E-state index contributed by atoms with van der Waals surface area (Å²) in [6.07, 6.45) is 2.90. The molecule has 1 aliphatic rings. The van der Waals surface area contributed by atoms with Crippen LogP contribution >= 0.6 is 0 Å². The average molecular weight is 537 g/mol. The molecule has 0 fully saturated rings. The van der Waals surface area contributed by atoms with Gasteiger partial charge in [-0.1, -0.05) is 50.1 Å². The zero-order valence-electron chi connectivity index (χ0n) is 23.0. The fraction of sp³-hybridized carbons (Fsp3) is 0.206. The van der Waals surface area contributed by atoms with Gasteiger partial charge in [0.2, 0.25) is 0 Å². The van der Waals surface area contributed by atoms with E-state index >= 15 is 0 Å². The maximum atomic E-state index is 12.4. The summed E-state index contributed by atoms with van der Waals surface area (Å²) in [4.78, 5) is 36.1. The fourth-order valence-electron chi connectivity index (χ4n) is 4.57. The van der Waals surface area contributed by atoms with Crippen LogP contribution in [0.2, 0.25) is 0 Å². The van der Waals surface area contributed by atoms with Crippen molar-refractivity contribution in [1.82, 2.24) is 0 Å². The summed E-state index contributed by atoms with van der Waals surface area (Å²) < 4.78 is 16.8. The molecule has 204 valence electrons. The largest absolute Gasteiger partial charge is 0.423 e. The van der Waals surface area contributed by atoms with Crippen molar-refractivity contribution in [3.63, 3.8) is 0 Å². The van der Waals surface area contributed by atoms with Gasteiger partial charge in [-0.2, -0.15) is 0 Å². The molecule has 1 aliphatic carbocycles. The van der Waals surface area contributed by atoms with Crippen molar-refractivity contribution in [2.75, 3.05) is 6.61 Å². The minimum absolute atomic E-state index is 0.0228. The quantitative estimate of drug-likeness (QED) is 0.157. The summed E-state index contributed by atoms with van der Waals surface area (Å²) in [5, 5.41) is 0. The van der Waals surface area contributed by atoms with E-state index in [0.717, 1.165) is 40.7 Å². The number of rotatable bonds is 10. The molecule has 1 unspecified atom stereocenters. The number of benzene rings is 3. The minimum atomic E-state index is -0.581. The van der Waals surface area contributed by atoms with E-state index in [4.69, 9.17) is 14.2 Å². The Morgan fingerprint density at radius 2 is 1.52 bits per heavy atom. The fourth-order valence-corrected chi connectivity index (χ4v) is 4.57. The van der Waals surface area contributed by atoms with Crippen LogP contribution in [0.25, 0.3) is 22.3 Å². The molecule has 0 radical (unpaired) electrons. The number of hydrogen-bond acceptors (Lipinski definition) is 6. The van der Waals surface area contributed by atoms with Gasteiger partial charge in [-0.05, 0) is 91.3 Å². The van der Waals surface area contributed by atoms with Crippen LogP contribution in [0.1, 0.15) is 43.1 Å². The standard InChI is InChI=1S/C34H32O6/c1-7-26(35)19-38-31-15-11-23-8-9-25(17-30(23)31)28-13-10-24(16-22(28)6)29-14-12-27(39-33(36)20(2)3)18-32(29)40-34(37)21(4)5/h7-10,12-14,16-18,31H,1-2,4,11,15,19H2,3,5-6H3. The van der Waals surface area contributed by atoms with Crippen LogP contribution in [0.4, 0.5) is 0 Å². The molecule has 0 saturated heterocycles. The van der Waals surface area contributed by atoms with E-state index in [9.17, 15) is 14.4 Å². The lowest BCUT2D eigenvalue weighted by molar-refractivity contribution is -0.130. The highest BCUT2D eigenvalue weighted by molar-refractivity contribution is 5.92. The molecule has 4 rings (SSSR count). The van der Waals surface area contributed by atoms with Gasteiger partial charge >= 0.3 is 11.9 Å². The molecule has 3 aromatic carbocycles. The van der Waals surface area contributed by atoms with Gasteiger partial charge in [0.15, 0.2) is 5.78 Å². The normalized spacial score (nSPS) is 13.7. The number of hydrogen-bond donors (Lipinski definition) is 0. The summed E-state index contributed by atoms with van der Waals surface area (Å²) in [5.41, 5.74) is 7.43. The smallest absolute Gasteiger partial charge is 0.338 e. The summed E-state index contributed by atoms with van der Waals surface area (Å²) in [5.74, 6) is -0.800. The number of esters is 2. The molecule has 0 spiro atoms. The Bertz CT molecular complexity index is 1540. The van der Waals surface area contributed by atoms with E-state index < -0.39 is 11.9 Å². The zero-order valence-corrected chi connectivity index (χ0v) is 23.0. The number of aryl methyl sites for hydroxylation is 2. The Labute approximate surface area is 234 Å². The Morgan fingerprint density at radius 3 is 2.20 bits per heavy atom. The number of carbonyl (C=O) groups is 3. The molecule has 40 heavy (non-hydrogen) atoms. The maximum absolute atomic E-state index is 12.4. The first kappa shape index (κ1) is 28.5. The summed E-state index contributed by atoms with van der Waals surface area (Å²) in [7, 11) is 0. The molecule has 0 amide bonds. The highest BCUT2D eigenvalue weighted by Gasteiger charge is 2.24. The van der Waals surface area contributed by atoms with Crippen molar-refractivity contribution in [1.29, 1.82) is 0 Å². The summed E-state index contributed by atoms with van der Waals surface area (Å²) >= 11 is 0. The topological polar surface area (TPSA) is 78.9 Å². The number of fused-ring (bicyclic) bond motifs is 1. The maximum Gasteiger partial charge on any atom is 0.338 e. The van der Waals surface area contributed by atoms with Crippen molar-refractivity contribution in [3.05, 3.63) is 108 Å². The first-order chi connectivity index (χ1) is 19.1. The number of ether oxygens (including phenoxy) is 3. The van der Waals surface area contributed by atoms with E-state index in [1.807, 2.05) is 25.1 Å². The monoisotopic (exact) mass is 536 g/mol. The molecule has 3 aromatic rings. The molecule has 0 aromatic heterocycles. The number of carbonyl (C=O) groups excluding carboxylic acids is 3. The van der Waals surface area contributed by atoms with Crippen molar-refractivity contribution >= 4 is 17.7 Å². The minimum Gasteiger partial charge on any atom is -0.423 e. The van der Waals surface area contributed by atoms with Crippen molar-refractivity contribution < 1.29 is 28.6 Å². The Balaban J connectivity index is 1.66. The van der Waals surface area contributed by atoms with Gasteiger partial charge in [-0.3, -0.25) is 4.79 Å². The van der Waals surface area contributed by atoms with Gasteiger partial charge in [0.1, 0.15) is 18.1 Å². The van der Waals surface area contributed by atoms with E-state index in [-0.39, 0.29) is 41.1 Å². The second-order valence-electron chi connectivity index (χ2n) is 9.95. The highest BCUT2D eigenvalue weighted by Crippen LogP contribution is 2.39. The number of ketones is 1. The molecule has 6 nitrogen and oxygen atoms in total. The van der Waals surface area contributed by atoms with Crippen LogP contribution in [-0.4, -0.2) is 24.3 Å². The average Bonchev–Trinajstić information content (AvgIpc) is 3.33. The molecule has 0 bridgehead atoms. The molecule has 0 heterocycles. The molecule has 0 aliphatic heterocycles. The second-order valence-corrected chi connectivity index (χ2v) is 9.95. The van der Waals surface area contributed by atoms with Crippen molar-refractivity contribution in [2.45, 2.75) is 39.7 Å². The van der Waals surface area contributed by atoms with Gasteiger partial charge < -0.3 is 14.2 Å². The predicted molar refractivity (Wildman–Crippen MR) is 155 cm³/mol. The van der Waals surface area contributed by atoms with Crippen LogP contribution in [0.5, 0.6) is 11.5 Å². The highest BCUT2D eigenvalue weighted by atomic mass is 16.5. The third kappa shape index (κ3) is 6.35. The first-order valence-electron chi connectivity index (χ1n) is 13.0. The Hall–Kier alpha value is -4.55. The lowest BCUT2D eigenvalue weighted by atomic mass is 9.93. The van der Waals surface area contributed by atoms with Gasteiger partial charge in [0, 0.05) is 22.8 Å². The summed E-state index contributed by atoms with van der Waals surface area (Å²) in [6, 6.07) is 17.3. The summed E-state index contributed by atoms with van der Waals surface area (Å²) in [6.45, 7) is 15.9. The van der Waals surface area contributed by atoms with Crippen LogP contribution in [-0.2, 0) is 25.5 Å². The van der Waals surface area contributed by atoms with Crippen molar-refractivity contribution in [3.8, 4) is 33.8 Å². The lowest BCUT2D eigenvalue weighted by Gasteiger charge is -2.16. The lowest BCUT2D eigenvalue weighted by Crippen LogP contribution is -2.11. The zero-order chi connectivity index (χ0) is 29.0. The van der Waals surface area contributed by atoms with E-state index in [0.29, 0.717) is 5.56 Å². The van der Waals surface area contributed by atoms with Gasteiger partial charge in [-0.25, -0.2) is 9.59 Å². The SMILES string of the molecule is C=CC(=O)COC1CCc2ccc(-c3ccc(-c4ccc(OC(=O)C(=C)C)cc4OC(=O)C(=C)C)cc3C)cc21. The van der Waals surface area contributed by atoms with E-state index in [1.54, 1.807) is 26.0 Å². The molecular formula is C34H32O6. The van der Waals surface area contributed by atoms with Gasteiger partial charge in [-0.15, -0.1) is 0 Å². The van der Waals surface area contributed by atoms with Gasteiger partial charge in [0.25, 0.3) is 0 Å². The van der Waals surface area contributed by atoms with E-state index in [1.165, 1.54) is 17.7 Å². The molecular weight excluding hydrogens is 504 g/mol. The predicted octanol–water partition coefficient (Wildman–Crippen LogP) is 7.05. The van der Waals surface area contributed by atoms with E-state index in [2.05, 4.69) is 37.9 Å². The molecule has 6 heteroatoms. The third-order valence-corrected chi connectivity index (χ3v) is 6.73. The van der Waals surface area contributed by atoms with Crippen LogP contribution in [0, 0.1) is 6.92 Å². The second kappa shape index (κ2) is 12.1. The molecule has 1 atom stereocenters. The Kier molecular flexibility index (Phi) is 8.61. The van der Waals surface area contributed by atoms with Crippen LogP contribution in [0.15, 0.2) is 91.6 Å².